The summed E-state index contributed by atoms with van der Waals surface area (Å²) in [7, 11) is 0. The zero-order valence-electron chi connectivity index (χ0n) is 19.4. The molecule has 0 bridgehead atoms. The van der Waals surface area contributed by atoms with Gasteiger partial charge in [-0.1, -0.05) is 80.4 Å². The molecule has 1 aromatic heterocycles. The van der Waals surface area contributed by atoms with E-state index < -0.39 is 6.04 Å². The van der Waals surface area contributed by atoms with Crippen molar-refractivity contribution in [2.24, 2.45) is 0 Å². The van der Waals surface area contributed by atoms with Gasteiger partial charge in [-0.05, 0) is 59.7 Å². The van der Waals surface area contributed by atoms with Crippen LogP contribution in [-0.2, 0) is 6.61 Å². The first-order chi connectivity index (χ1) is 18.0. The van der Waals surface area contributed by atoms with Gasteiger partial charge in [-0.2, -0.15) is 0 Å². The second-order valence-electron chi connectivity index (χ2n) is 8.72. The average Bonchev–Trinajstić information content (AvgIpc) is 3.21. The predicted molar refractivity (Wildman–Crippen MR) is 150 cm³/mol. The molecule has 0 radical (unpaired) electrons. The molecule has 0 N–H and O–H groups in total. The van der Waals surface area contributed by atoms with E-state index in [0.717, 1.165) is 20.1 Å². The number of halogens is 2. The standard InChI is InChI=1S/C30H19Br2NO4/c31-20-7-4-8-22(15-20)33-27(19-9-12-23(13-10-19)36-17-18-5-2-1-3-6-18)26-28(34)24-16-21(32)11-14-25(24)37-29(26)30(33)35/h1-16,27H,17H2. The minimum atomic E-state index is -0.653. The maximum Gasteiger partial charge on any atom is 0.295 e. The van der Waals surface area contributed by atoms with Crippen molar-refractivity contribution in [2.75, 3.05) is 4.90 Å². The third kappa shape index (κ3) is 4.38. The molecule has 5 aromatic rings. The zero-order valence-corrected chi connectivity index (χ0v) is 22.5. The van der Waals surface area contributed by atoms with E-state index in [9.17, 15) is 9.59 Å². The summed E-state index contributed by atoms with van der Waals surface area (Å²) in [6.45, 7) is 0.444. The summed E-state index contributed by atoms with van der Waals surface area (Å²) >= 11 is 6.94. The molecule has 0 aliphatic carbocycles. The number of carbonyl (C=O) groups excluding carboxylic acids is 1. The molecule has 0 saturated heterocycles. The lowest BCUT2D eigenvalue weighted by Gasteiger charge is -2.25. The van der Waals surface area contributed by atoms with Gasteiger partial charge in [-0.15, -0.1) is 0 Å². The molecule has 6 rings (SSSR count). The molecule has 0 spiro atoms. The Morgan fingerprint density at radius 3 is 2.32 bits per heavy atom. The quantitative estimate of drug-likeness (QED) is 0.204. The topological polar surface area (TPSA) is 59.8 Å². The minimum absolute atomic E-state index is 0.0641. The highest BCUT2D eigenvalue weighted by molar-refractivity contribution is 9.10. The van der Waals surface area contributed by atoms with E-state index in [2.05, 4.69) is 31.9 Å². The number of fused-ring (bicyclic) bond motifs is 2. The van der Waals surface area contributed by atoms with E-state index in [-0.39, 0.29) is 17.1 Å². The maximum atomic E-state index is 13.8. The normalized spacial score (nSPS) is 14.7. The number of rotatable bonds is 5. The highest BCUT2D eigenvalue weighted by atomic mass is 79.9. The fourth-order valence-corrected chi connectivity index (χ4v) is 5.39. The monoisotopic (exact) mass is 615 g/mol. The van der Waals surface area contributed by atoms with Gasteiger partial charge in [0.2, 0.25) is 5.76 Å². The largest absolute Gasteiger partial charge is 0.489 e. The van der Waals surface area contributed by atoms with Gasteiger partial charge in [0, 0.05) is 14.6 Å². The van der Waals surface area contributed by atoms with E-state index in [4.69, 9.17) is 9.15 Å². The SMILES string of the molecule is O=C1c2oc3ccc(Br)cc3c(=O)c2C(c2ccc(OCc3ccccc3)cc2)N1c1cccc(Br)c1. The van der Waals surface area contributed by atoms with E-state index in [1.54, 1.807) is 23.1 Å². The number of nitrogens with zero attached hydrogens (tertiary/aromatic N) is 1. The molecule has 1 aliphatic heterocycles. The molecule has 4 aromatic carbocycles. The summed E-state index contributed by atoms with van der Waals surface area (Å²) in [5.41, 5.74) is 2.98. The Kier molecular flexibility index (Phi) is 6.18. The molecule has 1 unspecified atom stereocenters. The Balaban J connectivity index is 1.45. The third-order valence-electron chi connectivity index (χ3n) is 6.36. The van der Waals surface area contributed by atoms with E-state index in [1.165, 1.54) is 0 Å². The third-order valence-corrected chi connectivity index (χ3v) is 7.35. The van der Waals surface area contributed by atoms with Gasteiger partial charge < -0.3 is 9.15 Å². The summed E-state index contributed by atoms with van der Waals surface area (Å²) in [5.74, 6) is 0.402. The van der Waals surface area contributed by atoms with Crippen LogP contribution in [0.3, 0.4) is 0 Å². The van der Waals surface area contributed by atoms with Crippen LogP contribution in [0.4, 0.5) is 5.69 Å². The highest BCUT2D eigenvalue weighted by Gasteiger charge is 2.43. The van der Waals surface area contributed by atoms with Crippen molar-refractivity contribution in [3.63, 3.8) is 0 Å². The van der Waals surface area contributed by atoms with Crippen molar-refractivity contribution >= 4 is 54.4 Å². The van der Waals surface area contributed by atoms with Crippen LogP contribution in [0.2, 0.25) is 0 Å². The van der Waals surface area contributed by atoms with Crippen molar-refractivity contribution in [2.45, 2.75) is 12.6 Å². The number of amides is 1. The Hall–Kier alpha value is -3.68. The van der Waals surface area contributed by atoms with Gasteiger partial charge in [0.1, 0.15) is 17.9 Å². The van der Waals surface area contributed by atoms with E-state index >= 15 is 0 Å². The number of carbonyl (C=O) groups is 1. The van der Waals surface area contributed by atoms with Gasteiger partial charge in [0.25, 0.3) is 5.91 Å². The second-order valence-corrected chi connectivity index (χ2v) is 10.5. The van der Waals surface area contributed by atoms with Crippen LogP contribution in [0.5, 0.6) is 5.75 Å². The maximum absolute atomic E-state index is 13.8. The van der Waals surface area contributed by atoms with E-state index in [1.807, 2.05) is 78.9 Å². The van der Waals surface area contributed by atoms with Crippen molar-refractivity contribution in [3.8, 4) is 5.75 Å². The average molecular weight is 617 g/mol. The van der Waals surface area contributed by atoms with Gasteiger partial charge in [0.15, 0.2) is 5.43 Å². The number of anilines is 1. The van der Waals surface area contributed by atoms with Crippen molar-refractivity contribution in [3.05, 3.63) is 139 Å². The predicted octanol–water partition coefficient (Wildman–Crippen LogP) is 7.65. The van der Waals surface area contributed by atoms with Crippen LogP contribution in [0.15, 0.2) is 115 Å². The summed E-state index contributed by atoms with van der Waals surface area (Å²) in [6.07, 6.45) is 0. The molecule has 37 heavy (non-hydrogen) atoms. The molecule has 0 saturated carbocycles. The fraction of sp³-hybridized carbons (Fsp3) is 0.0667. The number of hydrogen-bond donors (Lipinski definition) is 0. The van der Waals surface area contributed by atoms with Crippen LogP contribution in [0, 0.1) is 0 Å². The van der Waals surface area contributed by atoms with Crippen LogP contribution < -0.4 is 15.1 Å². The van der Waals surface area contributed by atoms with Crippen LogP contribution in [-0.4, -0.2) is 5.91 Å². The molecule has 1 atom stereocenters. The van der Waals surface area contributed by atoms with Crippen LogP contribution in [0.25, 0.3) is 11.0 Å². The molecule has 7 heteroatoms. The molecule has 1 aliphatic rings. The van der Waals surface area contributed by atoms with E-state index in [0.29, 0.717) is 34.6 Å². The second kappa shape index (κ2) is 9.65. The Bertz CT molecular complexity index is 1700. The van der Waals surface area contributed by atoms with Gasteiger partial charge in [-0.25, -0.2) is 0 Å². The van der Waals surface area contributed by atoms with Crippen LogP contribution >= 0.6 is 31.9 Å². The molecule has 0 fully saturated rings. The molecule has 182 valence electrons. The van der Waals surface area contributed by atoms with Gasteiger partial charge in [-0.3, -0.25) is 14.5 Å². The summed E-state index contributed by atoms with van der Waals surface area (Å²) in [5, 5.41) is 0.421. The fourth-order valence-electron chi connectivity index (χ4n) is 4.64. The van der Waals surface area contributed by atoms with Gasteiger partial charge >= 0.3 is 0 Å². The lowest BCUT2D eigenvalue weighted by Crippen LogP contribution is -2.29. The first kappa shape index (κ1) is 23.7. The van der Waals surface area contributed by atoms with Crippen molar-refractivity contribution in [1.82, 2.24) is 0 Å². The number of hydrogen-bond acceptors (Lipinski definition) is 4. The van der Waals surface area contributed by atoms with Crippen LogP contribution in [0.1, 0.15) is 33.3 Å². The Morgan fingerprint density at radius 2 is 1.57 bits per heavy atom. The zero-order chi connectivity index (χ0) is 25.5. The lowest BCUT2D eigenvalue weighted by atomic mass is 9.98. The molecular weight excluding hydrogens is 598 g/mol. The summed E-state index contributed by atoms with van der Waals surface area (Å²) < 4.78 is 13.6. The summed E-state index contributed by atoms with van der Waals surface area (Å²) in [6, 6.07) is 29.4. The molecule has 2 heterocycles. The highest BCUT2D eigenvalue weighted by Crippen LogP contribution is 2.42. The molecule has 1 amide bonds. The minimum Gasteiger partial charge on any atom is -0.489 e. The molecule has 5 nitrogen and oxygen atoms in total. The number of ether oxygens (including phenoxy) is 1. The van der Waals surface area contributed by atoms with Crippen molar-refractivity contribution in [1.29, 1.82) is 0 Å². The lowest BCUT2D eigenvalue weighted by molar-refractivity contribution is 0.0971. The Labute approximate surface area is 229 Å². The first-order valence-corrected chi connectivity index (χ1v) is 13.2. The first-order valence-electron chi connectivity index (χ1n) is 11.6. The Morgan fingerprint density at radius 1 is 0.811 bits per heavy atom. The summed E-state index contributed by atoms with van der Waals surface area (Å²) in [4.78, 5) is 29.1. The number of benzene rings is 4. The smallest absolute Gasteiger partial charge is 0.295 e. The molecular formula is C30H19Br2NO4. The van der Waals surface area contributed by atoms with Gasteiger partial charge in [0.05, 0.1) is 17.0 Å². The van der Waals surface area contributed by atoms with Crippen molar-refractivity contribution < 1.29 is 13.9 Å².